The van der Waals surface area contributed by atoms with E-state index in [4.69, 9.17) is 8.84 Å². The van der Waals surface area contributed by atoms with E-state index in [0.717, 1.165) is 5.58 Å². The minimum atomic E-state index is -1.70. The Morgan fingerprint density at radius 2 is 1.84 bits per heavy atom. The molecule has 0 atom stereocenters. The molecule has 0 saturated heterocycles. The summed E-state index contributed by atoms with van der Waals surface area (Å²) in [5, 5.41) is 1.42. The first-order valence-electron chi connectivity index (χ1n) is 6.82. The van der Waals surface area contributed by atoms with Crippen LogP contribution in [0, 0.1) is 6.92 Å². The maximum Gasteiger partial charge on any atom is 0.192 e. The monoisotopic (exact) mass is 276 g/mol. The molecule has 2 aromatic rings. The van der Waals surface area contributed by atoms with Crippen LogP contribution in [0.5, 0.6) is 0 Å². The number of benzene rings is 1. The van der Waals surface area contributed by atoms with Crippen molar-refractivity contribution in [3.63, 3.8) is 0 Å². The maximum atomic E-state index is 6.29. The molecule has 0 radical (unpaired) electrons. The second kappa shape index (κ2) is 4.80. The highest BCUT2D eigenvalue weighted by molar-refractivity contribution is 6.74. The van der Waals surface area contributed by atoms with E-state index in [1.165, 1.54) is 16.5 Å². The smallest absolute Gasteiger partial charge is 0.192 e. The third kappa shape index (κ3) is 2.77. The normalized spacial score (nSPS) is 13.2. The van der Waals surface area contributed by atoms with Crippen molar-refractivity contribution >= 4 is 19.3 Å². The van der Waals surface area contributed by atoms with Gasteiger partial charge in [-0.15, -0.1) is 0 Å². The molecule has 2 nitrogen and oxygen atoms in total. The molecular formula is C16H24O2Si. The Morgan fingerprint density at radius 1 is 1.16 bits per heavy atom. The highest BCUT2D eigenvalue weighted by Gasteiger charge is 2.37. The van der Waals surface area contributed by atoms with Crippen molar-refractivity contribution in [3.05, 3.63) is 35.6 Å². The number of furan rings is 1. The van der Waals surface area contributed by atoms with Crippen molar-refractivity contribution in [1.29, 1.82) is 0 Å². The first-order chi connectivity index (χ1) is 8.72. The van der Waals surface area contributed by atoms with Crippen molar-refractivity contribution < 1.29 is 8.84 Å². The molecule has 0 aliphatic carbocycles. The summed E-state index contributed by atoms with van der Waals surface area (Å²) in [6, 6.07) is 6.29. The van der Waals surface area contributed by atoms with Gasteiger partial charge in [0.2, 0.25) is 0 Å². The van der Waals surface area contributed by atoms with Gasteiger partial charge >= 0.3 is 0 Å². The van der Waals surface area contributed by atoms with Gasteiger partial charge in [-0.2, -0.15) is 0 Å². The lowest BCUT2D eigenvalue weighted by atomic mass is 10.1. The zero-order valence-electron chi connectivity index (χ0n) is 12.8. The lowest BCUT2D eigenvalue weighted by molar-refractivity contribution is 0.277. The average molecular weight is 276 g/mol. The molecular weight excluding hydrogens is 252 g/mol. The Labute approximate surface area is 116 Å². The van der Waals surface area contributed by atoms with Gasteiger partial charge in [0.25, 0.3) is 0 Å². The number of rotatable bonds is 3. The summed E-state index contributed by atoms with van der Waals surface area (Å²) in [6.45, 7) is 14.1. The quantitative estimate of drug-likeness (QED) is 0.713. The topological polar surface area (TPSA) is 22.4 Å². The zero-order chi connectivity index (χ0) is 14.3. The van der Waals surface area contributed by atoms with Crippen LogP contribution in [0.1, 0.15) is 31.9 Å². The van der Waals surface area contributed by atoms with Crippen molar-refractivity contribution in [1.82, 2.24) is 0 Å². The SMILES string of the molecule is Cc1ccc(CO[Si](C)(C)C(C)(C)C)c2ccoc12. The second-order valence-corrected chi connectivity index (χ2v) is 11.6. The third-order valence-corrected chi connectivity index (χ3v) is 8.78. The number of aryl methyl sites for hydroxylation is 1. The van der Waals surface area contributed by atoms with Crippen LogP contribution in [0.25, 0.3) is 11.0 Å². The molecule has 0 aliphatic heterocycles. The lowest BCUT2D eigenvalue weighted by Gasteiger charge is -2.36. The fourth-order valence-corrected chi connectivity index (χ4v) is 2.81. The van der Waals surface area contributed by atoms with E-state index in [0.29, 0.717) is 6.61 Å². The Hall–Kier alpha value is -1.06. The van der Waals surface area contributed by atoms with Crippen molar-refractivity contribution in [2.45, 2.75) is 52.4 Å². The molecule has 1 heterocycles. The summed E-state index contributed by atoms with van der Waals surface area (Å²) in [6.07, 6.45) is 1.76. The summed E-state index contributed by atoms with van der Waals surface area (Å²) in [7, 11) is -1.70. The van der Waals surface area contributed by atoms with Crippen LogP contribution in [0.15, 0.2) is 28.9 Å². The first-order valence-corrected chi connectivity index (χ1v) is 9.73. The van der Waals surface area contributed by atoms with E-state index >= 15 is 0 Å². The minimum Gasteiger partial charge on any atom is -0.464 e. The van der Waals surface area contributed by atoms with Gasteiger partial charge in [0, 0.05) is 5.39 Å². The predicted octanol–water partition coefficient (Wildman–Crippen LogP) is 5.26. The van der Waals surface area contributed by atoms with Crippen LogP contribution >= 0.6 is 0 Å². The fourth-order valence-electron chi connectivity index (χ4n) is 1.86. The van der Waals surface area contributed by atoms with E-state index in [2.05, 4.69) is 52.9 Å². The van der Waals surface area contributed by atoms with Crippen LogP contribution in [0.3, 0.4) is 0 Å². The predicted molar refractivity (Wildman–Crippen MR) is 82.9 cm³/mol. The highest BCUT2D eigenvalue weighted by Crippen LogP contribution is 2.37. The molecule has 104 valence electrons. The molecule has 0 fully saturated rings. The number of hydrogen-bond acceptors (Lipinski definition) is 2. The summed E-state index contributed by atoms with van der Waals surface area (Å²) < 4.78 is 11.8. The molecule has 19 heavy (non-hydrogen) atoms. The van der Waals surface area contributed by atoms with Gasteiger partial charge in [-0.1, -0.05) is 32.9 Å². The minimum absolute atomic E-state index is 0.243. The van der Waals surface area contributed by atoms with E-state index < -0.39 is 8.32 Å². The second-order valence-electron chi connectivity index (χ2n) is 6.75. The van der Waals surface area contributed by atoms with E-state index in [1.54, 1.807) is 6.26 Å². The standard InChI is InChI=1S/C16H24O2Si/c1-12-7-8-13(14-9-10-17-15(12)14)11-18-19(5,6)16(2,3)4/h7-10H,11H2,1-6H3. The molecule has 3 heteroatoms. The first kappa shape index (κ1) is 14.3. The van der Waals surface area contributed by atoms with Gasteiger partial charge in [0.05, 0.1) is 12.9 Å². The number of fused-ring (bicyclic) bond motifs is 1. The third-order valence-electron chi connectivity index (χ3n) is 4.30. The molecule has 0 bridgehead atoms. The molecule has 2 rings (SSSR count). The van der Waals surface area contributed by atoms with E-state index in [1.807, 2.05) is 6.07 Å². The molecule has 0 amide bonds. The molecule has 0 saturated carbocycles. The van der Waals surface area contributed by atoms with Gasteiger partial charge in [0.1, 0.15) is 5.58 Å². The largest absolute Gasteiger partial charge is 0.464 e. The van der Waals surface area contributed by atoms with Crippen LogP contribution in [-0.4, -0.2) is 8.32 Å². The van der Waals surface area contributed by atoms with Crippen LogP contribution in [0.2, 0.25) is 18.1 Å². The Bertz CT molecular complexity index is 576. The van der Waals surface area contributed by atoms with Crippen molar-refractivity contribution in [2.75, 3.05) is 0 Å². The summed E-state index contributed by atoms with van der Waals surface area (Å²) in [5.41, 5.74) is 3.38. The fraction of sp³-hybridized carbons (Fsp3) is 0.500. The maximum absolute atomic E-state index is 6.29. The Balaban J connectivity index is 2.24. The zero-order valence-corrected chi connectivity index (χ0v) is 13.8. The van der Waals surface area contributed by atoms with Gasteiger partial charge in [-0.25, -0.2) is 0 Å². The molecule has 0 spiro atoms. The molecule has 1 aromatic heterocycles. The summed E-state index contributed by atoms with van der Waals surface area (Å²) >= 11 is 0. The van der Waals surface area contributed by atoms with Gasteiger partial charge < -0.3 is 8.84 Å². The van der Waals surface area contributed by atoms with Crippen molar-refractivity contribution in [3.8, 4) is 0 Å². The average Bonchev–Trinajstić information content (AvgIpc) is 2.76. The van der Waals surface area contributed by atoms with Crippen LogP contribution < -0.4 is 0 Å². The van der Waals surface area contributed by atoms with Crippen LogP contribution in [-0.2, 0) is 11.0 Å². The van der Waals surface area contributed by atoms with Gasteiger partial charge in [-0.3, -0.25) is 0 Å². The number of hydrogen-bond donors (Lipinski definition) is 0. The highest BCUT2D eigenvalue weighted by atomic mass is 28.4. The van der Waals surface area contributed by atoms with E-state index in [-0.39, 0.29) is 5.04 Å². The Morgan fingerprint density at radius 3 is 2.47 bits per heavy atom. The molecule has 1 aromatic carbocycles. The Kier molecular flexibility index (Phi) is 3.62. The summed E-state index contributed by atoms with van der Waals surface area (Å²) in [4.78, 5) is 0. The van der Waals surface area contributed by atoms with Crippen molar-refractivity contribution in [2.24, 2.45) is 0 Å². The van der Waals surface area contributed by atoms with Gasteiger partial charge in [-0.05, 0) is 42.2 Å². The summed E-state index contributed by atoms with van der Waals surface area (Å²) in [5.74, 6) is 0. The molecule has 0 aliphatic rings. The van der Waals surface area contributed by atoms with Crippen LogP contribution in [0.4, 0.5) is 0 Å². The lowest BCUT2D eigenvalue weighted by Crippen LogP contribution is -2.40. The molecule has 0 N–H and O–H groups in total. The van der Waals surface area contributed by atoms with E-state index in [9.17, 15) is 0 Å². The molecule has 0 unspecified atom stereocenters. The van der Waals surface area contributed by atoms with Gasteiger partial charge in [0.15, 0.2) is 8.32 Å².